The van der Waals surface area contributed by atoms with Crippen molar-refractivity contribution in [2.45, 2.75) is 39.2 Å². The van der Waals surface area contributed by atoms with Gasteiger partial charge in [-0.25, -0.2) is 0 Å². The molecule has 0 aliphatic heterocycles. The second kappa shape index (κ2) is 6.91. The topological polar surface area (TPSA) is 26.0 Å². The number of benzene rings is 1. The zero-order valence-electron chi connectivity index (χ0n) is 12.4. The molecule has 0 amide bonds. The molecule has 2 heteroatoms. The molecule has 1 rings (SSSR count). The summed E-state index contributed by atoms with van der Waals surface area (Å²) in [5.41, 5.74) is 8.46. The maximum Gasteiger partial charge on any atom is 0.104 e. The molecule has 1 unspecified atom stereocenters. The van der Waals surface area contributed by atoms with Crippen LogP contribution in [-0.4, -0.2) is 31.7 Å². The van der Waals surface area contributed by atoms with Gasteiger partial charge in [0.1, 0.15) is 6.54 Å². The minimum absolute atomic E-state index is 0.666. The van der Waals surface area contributed by atoms with Crippen molar-refractivity contribution in [1.29, 1.82) is 0 Å². The Morgan fingerprint density at radius 1 is 1.17 bits per heavy atom. The summed E-state index contributed by atoms with van der Waals surface area (Å²) in [5, 5.41) is 0. The van der Waals surface area contributed by atoms with Crippen LogP contribution in [0.5, 0.6) is 0 Å². The fourth-order valence-corrected chi connectivity index (χ4v) is 2.28. The summed E-state index contributed by atoms with van der Waals surface area (Å²) < 4.78 is 1.01. The van der Waals surface area contributed by atoms with Crippen molar-refractivity contribution in [2.24, 2.45) is 5.73 Å². The van der Waals surface area contributed by atoms with Crippen LogP contribution in [-0.2, 0) is 6.54 Å². The first-order chi connectivity index (χ1) is 8.48. The Balaban J connectivity index is 2.63. The van der Waals surface area contributed by atoms with Crippen LogP contribution in [0.25, 0.3) is 0 Å². The average molecular weight is 249 g/mol. The normalized spacial score (nSPS) is 13.6. The van der Waals surface area contributed by atoms with Crippen molar-refractivity contribution in [3.05, 3.63) is 35.4 Å². The smallest absolute Gasteiger partial charge is 0.104 e. The first-order valence-electron chi connectivity index (χ1n) is 7.09. The Kier molecular flexibility index (Phi) is 5.83. The monoisotopic (exact) mass is 249 g/mol. The van der Waals surface area contributed by atoms with Crippen molar-refractivity contribution < 1.29 is 4.48 Å². The maximum atomic E-state index is 5.59. The van der Waals surface area contributed by atoms with Gasteiger partial charge in [-0.05, 0) is 24.4 Å². The van der Waals surface area contributed by atoms with Gasteiger partial charge in [0.15, 0.2) is 0 Å². The Hall–Kier alpha value is -0.860. The van der Waals surface area contributed by atoms with Gasteiger partial charge in [-0.1, -0.05) is 38.1 Å². The summed E-state index contributed by atoms with van der Waals surface area (Å²) in [6.07, 6.45) is 2.30. The van der Waals surface area contributed by atoms with Gasteiger partial charge in [-0.2, -0.15) is 0 Å². The largest absolute Gasteiger partial charge is 0.330 e. The van der Waals surface area contributed by atoms with E-state index in [2.05, 4.69) is 52.2 Å². The highest BCUT2D eigenvalue weighted by Gasteiger charge is 2.15. The fourth-order valence-electron chi connectivity index (χ4n) is 2.28. The van der Waals surface area contributed by atoms with Crippen molar-refractivity contribution in [2.75, 3.05) is 27.2 Å². The highest BCUT2D eigenvalue weighted by atomic mass is 15.3. The van der Waals surface area contributed by atoms with E-state index in [1.807, 2.05) is 0 Å². The first kappa shape index (κ1) is 15.2. The highest BCUT2D eigenvalue weighted by Crippen LogP contribution is 2.20. The molecule has 0 heterocycles. The van der Waals surface area contributed by atoms with E-state index in [9.17, 15) is 0 Å². The molecule has 2 N–H and O–H groups in total. The van der Waals surface area contributed by atoms with Crippen LogP contribution in [0.1, 0.15) is 43.7 Å². The lowest BCUT2D eigenvalue weighted by atomic mass is 9.97. The van der Waals surface area contributed by atoms with Crippen LogP contribution in [0.2, 0.25) is 0 Å². The molecule has 1 aromatic rings. The van der Waals surface area contributed by atoms with Gasteiger partial charge in [0.2, 0.25) is 0 Å². The Morgan fingerprint density at radius 3 is 2.28 bits per heavy atom. The first-order valence-corrected chi connectivity index (χ1v) is 7.09. The number of hydrogen-bond acceptors (Lipinski definition) is 1. The summed E-state index contributed by atoms with van der Waals surface area (Å²) in [4.78, 5) is 0. The van der Waals surface area contributed by atoms with Crippen LogP contribution >= 0.6 is 0 Å². The maximum absolute atomic E-state index is 5.59. The predicted octanol–water partition coefficient (Wildman–Crippen LogP) is 3.13. The lowest BCUT2D eigenvalue weighted by molar-refractivity contribution is -0.903. The molecular weight excluding hydrogens is 220 g/mol. The molecule has 0 radical (unpaired) electrons. The molecule has 102 valence electrons. The standard InChI is InChI=1S/C16H29N2/c1-5-14(2)16-9-7-15(8-10-16)13-18(3,4)12-6-11-17/h7-10,14H,5-6,11-13,17H2,1-4H3/q+1. The molecule has 0 aromatic heterocycles. The van der Waals surface area contributed by atoms with Crippen LogP contribution in [0.3, 0.4) is 0 Å². The van der Waals surface area contributed by atoms with Gasteiger partial charge in [0, 0.05) is 12.0 Å². The minimum atomic E-state index is 0.666. The Morgan fingerprint density at radius 2 is 1.78 bits per heavy atom. The SMILES string of the molecule is CCC(C)c1ccc(C[N+](C)(C)CCCN)cc1. The second-order valence-electron chi connectivity index (χ2n) is 6.01. The van der Waals surface area contributed by atoms with E-state index < -0.39 is 0 Å². The number of nitrogens with two attached hydrogens (primary N) is 1. The van der Waals surface area contributed by atoms with Crippen LogP contribution in [0.4, 0.5) is 0 Å². The Bertz CT molecular complexity index is 341. The van der Waals surface area contributed by atoms with Gasteiger partial charge in [-0.15, -0.1) is 0 Å². The zero-order valence-corrected chi connectivity index (χ0v) is 12.4. The van der Waals surface area contributed by atoms with Gasteiger partial charge < -0.3 is 10.2 Å². The quantitative estimate of drug-likeness (QED) is 0.738. The van der Waals surface area contributed by atoms with E-state index in [4.69, 9.17) is 5.73 Å². The molecule has 0 saturated heterocycles. The highest BCUT2D eigenvalue weighted by molar-refractivity contribution is 5.24. The molecule has 18 heavy (non-hydrogen) atoms. The molecule has 1 atom stereocenters. The number of rotatable bonds is 7. The van der Waals surface area contributed by atoms with E-state index in [-0.39, 0.29) is 0 Å². The predicted molar refractivity (Wildman–Crippen MR) is 79.5 cm³/mol. The van der Waals surface area contributed by atoms with Crippen molar-refractivity contribution in [3.8, 4) is 0 Å². The Labute approximate surface area is 112 Å². The molecule has 0 aliphatic carbocycles. The van der Waals surface area contributed by atoms with Gasteiger partial charge in [-0.3, -0.25) is 0 Å². The van der Waals surface area contributed by atoms with Crippen LogP contribution in [0.15, 0.2) is 24.3 Å². The molecule has 0 bridgehead atoms. The molecular formula is C16H29N2+. The van der Waals surface area contributed by atoms with Gasteiger partial charge in [0.25, 0.3) is 0 Å². The third-order valence-electron chi connectivity index (χ3n) is 3.74. The molecule has 0 aliphatic rings. The van der Waals surface area contributed by atoms with E-state index in [1.165, 1.54) is 17.5 Å². The number of quaternary nitrogens is 1. The zero-order chi connectivity index (χ0) is 13.6. The molecule has 1 aromatic carbocycles. The second-order valence-corrected chi connectivity index (χ2v) is 6.01. The lowest BCUT2D eigenvalue weighted by Gasteiger charge is -2.30. The van der Waals surface area contributed by atoms with E-state index in [0.717, 1.165) is 30.5 Å². The third kappa shape index (κ3) is 4.79. The van der Waals surface area contributed by atoms with E-state index in [1.54, 1.807) is 0 Å². The molecule has 0 fully saturated rings. The van der Waals surface area contributed by atoms with E-state index >= 15 is 0 Å². The van der Waals surface area contributed by atoms with Crippen LogP contribution in [0, 0.1) is 0 Å². The lowest BCUT2D eigenvalue weighted by Crippen LogP contribution is -2.40. The van der Waals surface area contributed by atoms with Gasteiger partial charge in [0.05, 0.1) is 20.6 Å². The van der Waals surface area contributed by atoms with Crippen molar-refractivity contribution in [1.82, 2.24) is 0 Å². The summed E-state index contributed by atoms with van der Waals surface area (Å²) in [6.45, 7) is 7.54. The molecule has 0 saturated carbocycles. The van der Waals surface area contributed by atoms with Crippen molar-refractivity contribution >= 4 is 0 Å². The summed E-state index contributed by atoms with van der Waals surface area (Å²) in [5.74, 6) is 0.666. The minimum Gasteiger partial charge on any atom is -0.330 e. The summed E-state index contributed by atoms with van der Waals surface area (Å²) in [7, 11) is 4.55. The molecule has 0 spiro atoms. The fraction of sp³-hybridized carbons (Fsp3) is 0.625. The molecule has 2 nitrogen and oxygen atoms in total. The summed E-state index contributed by atoms with van der Waals surface area (Å²) in [6, 6.07) is 9.13. The average Bonchev–Trinajstić information content (AvgIpc) is 2.36. The summed E-state index contributed by atoms with van der Waals surface area (Å²) >= 11 is 0. The number of nitrogens with zero attached hydrogens (tertiary/aromatic N) is 1. The van der Waals surface area contributed by atoms with Crippen LogP contribution < -0.4 is 5.73 Å². The third-order valence-corrected chi connectivity index (χ3v) is 3.74. The van der Waals surface area contributed by atoms with E-state index in [0.29, 0.717) is 5.92 Å². The number of hydrogen-bond donors (Lipinski definition) is 1. The van der Waals surface area contributed by atoms with Gasteiger partial charge >= 0.3 is 0 Å². The van der Waals surface area contributed by atoms with Crippen molar-refractivity contribution in [3.63, 3.8) is 0 Å².